The Kier molecular flexibility index (Phi) is 5.93. The summed E-state index contributed by atoms with van der Waals surface area (Å²) in [5, 5.41) is 9.18. The fourth-order valence-electron chi connectivity index (χ4n) is 1.60. The summed E-state index contributed by atoms with van der Waals surface area (Å²) < 4.78 is 25.5. The highest BCUT2D eigenvalue weighted by Crippen LogP contribution is 2.11. The molecule has 0 spiro atoms. The lowest BCUT2D eigenvalue weighted by molar-refractivity contribution is 0.177. The van der Waals surface area contributed by atoms with Crippen LogP contribution in [0.1, 0.15) is 24.5 Å². The van der Waals surface area contributed by atoms with E-state index in [9.17, 15) is 13.5 Å². The average molecular weight is 286 g/mol. The molecule has 6 heteroatoms. The van der Waals surface area contributed by atoms with Gasteiger partial charge in [-0.05, 0) is 24.5 Å². The number of rotatable bonds is 7. The van der Waals surface area contributed by atoms with Crippen molar-refractivity contribution >= 4 is 10.0 Å². The molecular weight excluding hydrogens is 264 g/mol. The molecular formula is C13H22N2O3S. The minimum Gasteiger partial charge on any atom is -0.393 e. The first-order valence-electron chi connectivity index (χ1n) is 6.25. The second kappa shape index (κ2) is 7.00. The summed E-state index contributed by atoms with van der Waals surface area (Å²) >= 11 is 0. The molecule has 5 nitrogen and oxygen atoms in total. The van der Waals surface area contributed by atoms with Crippen LogP contribution in [0.2, 0.25) is 0 Å². The van der Waals surface area contributed by atoms with Crippen molar-refractivity contribution in [3.63, 3.8) is 0 Å². The van der Waals surface area contributed by atoms with Gasteiger partial charge in [-0.3, -0.25) is 0 Å². The van der Waals surface area contributed by atoms with E-state index in [1.54, 1.807) is 19.1 Å². The molecule has 0 aliphatic heterocycles. The molecule has 1 aromatic rings. The van der Waals surface area contributed by atoms with Crippen molar-refractivity contribution < 1.29 is 13.5 Å². The Morgan fingerprint density at radius 3 is 2.26 bits per heavy atom. The summed E-state index contributed by atoms with van der Waals surface area (Å²) in [5.74, 6) is -0.0336. The molecule has 0 amide bonds. The quantitative estimate of drug-likeness (QED) is 0.772. The van der Waals surface area contributed by atoms with Gasteiger partial charge in [0.15, 0.2) is 0 Å². The molecule has 3 N–H and O–H groups in total. The van der Waals surface area contributed by atoms with E-state index in [4.69, 9.17) is 5.73 Å². The minimum absolute atomic E-state index is 0.0336. The zero-order valence-electron chi connectivity index (χ0n) is 11.4. The number of nitrogens with two attached hydrogens (primary N) is 1. The highest BCUT2D eigenvalue weighted by atomic mass is 32.2. The predicted molar refractivity (Wildman–Crippen MR) is 75.9 cm³/mol. The summed E-state index contributed by atoms with van der Waals surface area (Å²) in [5.41, 5.74) is 7.21. The zero-order valence-corrected chi connectivity index (χ0v) is 12.2. The Hall–Kier alpha value is -0.950. The minimum atomic E-state index is -3.34. The van der Waals surface area contributed by atoms with Gasteiger partial charge in [0, 0.05) is 20.1 Å². The molecule has 0 fully saturated rings. The van der Waals surface area contributed by atoms with Gasteiger partial charge in [0.25, 0.3) is 0 Å². The maximum absolute atomic E-state index is 12.1. The standard InChI is InChI=1S/C13H22N2O3S/c1-11(16)7-8-15(2)19(17,18)10-13-5-3-12(9-14)4-6-13/h3-6,11,16H,7-10,14H2,1-2H3. The molecule has 1 atom stereocenters. The first kappa shape index (κ1) is 16.1. The van der Waals surface area contributed by atoms with Crippen LogP contribution in [-0.2, 0) is 22.3 Å². The van der Waals surface area contributed by atoms with Crippen molar-refractivity contribution in [2.75, 3.05) is 13.6 Å². The topological polar surface area (TPSA) is 83.6 Å². The largest absolute Gasteiger partial charge is 0.393 e. The number of nitrogens with zero attached hydrogens (tertiary/aromatic N) is 1. The molecule has 0 radical (unpaired) electrons. The van der Waals surface area contributed by atoms with Gasteiger partial charge < -0.3 is 10.8 Å². The van der Waals surface area contributed by atoms with Gasteiger partial charge in [0.05, 0.1) is 11.9 Å². The second-order valence-electron chi connectivity index (χ2n) is 4.74. The van der Waals surface area contributed by atoms with E-state index in [1.165, 1.54) is 11.4 Å². The number of aliphatic hydroxyl groups excluding tert-OH is 1. The van der Waals surface area contributed by atoms with Crippen molar-refractivity contribution in [3.05, 3.63) is 35.4 Å². The molecule has 0 saturated carbocycles. The van der Waals surface area contributed by atoms with Crippen LogP contribution in [0.15, 0.2) is 24.3 Å². The van der Waals surface area contributed by atoms with Crippen LogP contribution < -0.4 is 5.73 Å². The molecule has 108 valence electrons. The van der Waals surface area contributed by atoms with E-state index in [0.717, 1.165) is 11.1 Å². The Balaban J connectivity index is 2.67. The predicted octanol–water partition coefficient (Wildman–Crippen LogP) is 0.678. The Bertz CT molecular complexity index is 483. The highest BCUT2D eigenvalue weighted by Gasteiger charge is 2.18. The van der Waals surface area contributed by atoms with Gasteiger partial charge in [-0.15, -0.1) is 0 Å². The summed E-state index contributed by atoms with van der Waals surface area (Å²) in [6.07, 6.45) is -0.0662. The molecule has 0 heterocycles. The monoisotopic (exact) mass is 286 g/mol. The Labute approximate surface area is 115 Å². The molecule has 1 unspecified atom stereocenters. The van der Waals surface area contributed by atoms with E-state index >= 15 is 0 Å². The van der Waals surface area contributed by atoms with Gasteiger partial charge >= 0.3 is 0 Å². The van der Waals surface area contributed by atoms with Crippen LogP contribution in [0.25, 0.3) is 0 Å². The van der Waals surface area contributed by atoms with Gasteiger partial charge in [0.1, 0.15) is 0 Å². The van der Waals surface area contributed by atoms with Crippen molar-refractivity contribution in [1.82, 2.24) is 4.31 Å². The molecule has 1 rings (SSSR count). The molecule has 0 aliphatic carbocycles. The van der Waals surface area contributed by atoms with Crippen LogP contribution in [0.3, 0.4) is 0 Å². The summed E-state index contributed by atoms with van der Waals surface area (Å²) in [4.78, 5) is 0. The van der Waals surface area contributed by atoms with Crippen LogP contribution in [-0.4, -0.2) is 37.5 Å². The zero-order chi connectivity index (χ0) is 14.5. The highest BCUT2D eigenvalue weighted by molar-refractivity contribution is 7.88. The maximum atomic E-state index is 12.1. The number of benzene rings is 1. The summed E-state index contributed by atoms with van der Waals surface area (Å²) in [7, 11) is -1.80. The van der Waals surface area contributed by atoms with Crippen molar-refractivity contribution in [1.29, 1.82) is 0 Å². The van der Waals surface area contributed by atoms with Gasteiger partial charge in [-0.2, -0.15) is 0 Å². The molecule has 0 saturated heterocycles. The molecule has 1 aromatic carbocycles. The summed E-state index contributed by atoms with van der Waals surface area (Å²) in [6, 6.07) is 7.23. The van der Waals surface area contributed by atoms with Crippen LogP contribution in [0.5, 0.6) is 0 Å². The van der Waals surface area contributed by atoms with E-state index in [2.05, 4.69) is 0 Å². The number of aliphatic hydroxyl groups is 1. The van der Waals surface area contributed by atoms with Gasteiger partial charge in [-0.25, -0.2) is 12.7 Å². The lowest BCUT2D eigenvalue weighted by atomic mass is 10.1. The van der Waals surface area contributed by atoms with Crippen molar-refractivity contribution in [2.24, 2.45) is 5.73 Å². The third-order valence-corrected chi connectivity index (χ3v) is 4.77. The smallest absolute Gasteiger partial charge is 0.218 e. The SMILES string of the molecule is CC(O)CCN(C)S(=O)(=O)Cc1ccc(CN)cc1. The Morgan fingerprint density at radius 2 is 1.79 bits per heavy atom. The van der Waals surface area contributed by atoms with Crippen LogP contribution in [0.4, 0.5) is 0 Å². The third kappa shape index (κ3) is 5.28. The second-order valence-corrected chi connectivity index (χ2v) is 6.81. The Morgan fingerprint density at radius 1 is 1.26 bits per heavy atom. The van der Waals surface area contributed by atoms with Gasteiger partial charge in [0.2, 0.25) is 10.0 Å². The molecule has 0 aromatic heterocycles. The van der Waals surface area contributed by atoms with E-state index in [1.807, 2.05) is 12.1 Å². The van der Waals surface area contributed by atoms with E-state index in [0.29, 0.717) is 19.5 Å². The van der Waals surface area contributed by atoms with E-state index in [-0.39, 0.29) is 5.75 Å². The summed E-state index contributed by atoms with van der Waals surface area (Å²) in [6.45, 7) is 2.41. The third-order valence-electron chi connectivity index (χ3n) is 2.94. The van der Waals surface area contributed by atoms with Crippen LogP contribution in [0, 0.1) is 0 Å². The lowest BCUT2D eigenvalue weighted by Gasteiger charge is -2.18. The lowest BCUT2D eigenvalue weighted by Crippen LogP contribution is -2.30. The fourth-order valence-corrected chi connectivity index (χ4v) is 2.82. The molecule has 19 heavy (non-hydrogen) atoms. The fraction of sp³-hybridized carbons (Fsp3) is 0.538. The normalized spacial score (nSPS) is 13.7. The first-order chi connectivity index (χ1) is 8.85. The van der Waals surface area contributed by atoms with Gasteiger partial charge in [-0.1, -0.05) is 24.3 Å². The number of sulfonamides is 1. The first-order valence-corrected chi connectivity index (χ1v) is 7.86. The van der Waals surface area contributed by atoms with Crippen LogP contribution >= 0.6 is 0 Å². The van der Waals surface area contributed by atoms with Crippen molar-refractivity contribution in [2.45, 2.75) is 31.7 Å². The number of hydrogen-bond acceptors (Lipinski definition) is 4. The average Bonchev–Trinajstić information content (AvgIpc) is 2.36. The molecule has 0 aliphatic rings. The number of hydrogen-bond donors (Lipinski definition) is 2. The van der Waals surface area contributed by atoms with Crippen molar-refractivity contribution in [3.8, 4) is 0 Å². The van der Waals surface area contributed by atoms with E-state index < -0.39 is 16.1 Å². The molecule has 0 bridgehead atoms. The maximum Gasteiger partial charge on any atom is 0.218 e.